The number of hydrogen-bond acceptors (Lipinski definition) is 7. The monoisotopic (exact) mass is 538 g/mol. The van der Waals surface area contributed by atoms with Gasteiger partial charge in [-0.1, -0.05) is 19.6 Å². The third-order valence-electron chi connectivity index (χ3n) is 6.55. The molecule has 0 spiro atoms. The number of aromatic nitrogens is 5. The van der Waals surface area contributed by atoms with Crippen LogP contribution in [0.5, 0.6) is 0 Å². The van der Waals surface area contributed by atoms with Crippen molar-refractivity contribution in [3.8, 4) is 11.4 Å². The second-order valence-corrected chi connectivity index (χ2v) is 16.2. The van der Waals surface area contributed by atoms with E-state index in [2.05, 4.69) is 29.7 Å². The van der Waals surface area contributed by atoms with Crippen LogP contribution in [0.15, 0.2) is 30.6 Å². The van der Waals surface area contributed by atoms with Crippen molar-refractivity contribution in [2.75, 3.05) is 32.9 Å². The van der Waals surface area contributed by atoms with Crippen molar-refractivity contribution < 1.29 is 23.5 Å². The first-order valence-corrected chi connectivity index (χ1v) is 16.3. The van der Waals surface area contributed by atoms with Gasteiger partial charge in [0.2, 0.25) is 5.91 Å². The number of morpholine rings is 1. The molecule has 12 heteroatoms. The minimum absolute atomic E-state index is 0.0413. The first kappa shape index (κ1) is 26.1. The van der Waals surface area contributed by atoms with Crippen molar-refractivity contribution in [3.63, 3.8) is 0 Å². The second kappa shape index (κ2) is 10.7. The average molecular weight is 539 g/mol. The topological polar surface area (TPSA) is 104 Å². The third kappa shape index (κ3) is 5.52. The second-order valence-electron chi connectivity index (χ2n) is 10.6. The van der Waals surface area contributed by atoms with Gasteiger partial charge < -0.3 is 18.9 Å². The summed E-state index contributed by atoms with van der Waals surface area (Å²) in [6.45, 7) is 9.73. The fourth-order valence-corrected chi connectivity index (χ4v) is 5.17. The molecule has 0 aliphatic carbocycles. The highest BCUT2D eigenvalue weighted by atomic mass is 28.3. The molecule has 0 unspecified atom stereocenters. The molecule has 0 saturated carbocycles. The van der Waals surface area contributed by atoms with Crippen LogP contribution in [-0.2, 0) is 27.5 Å². The number of benzene rings is 1. The maximum absolute atomic E-state index is 14.2. The zero-order valence-electron chi connectivity index (χ0n) is 21.8. The van der Waals surface area contributed by atoms with Gasteiger partial charge in [0.1, 0.15) is 36.0 Å². The largest absolute Gasteiger partial charge is 0.378 e. The summed E-state index contributed by atoms with van der Waals surface area (Å²) in [5, 5.41) is 5.28. The number of aldehydes is 1. The Morgan fingerprint density at radius 3 is 2.76 bits per heavy atom. The zero-order valence-corrected chi connectivity index (χ0v) is 22.8. The number of nitrogens with zero attached hydrogens (tertiary/aromatic N) is 6. The maximum Gasteiger partial charge on any atom is 0.244 e. The molecule has 4 aromatic rings. The molecular formula is C26H31FN6O4Si. The van der Waals surface area contributed by atoms with Gasteiger partial charge in [-0.15, -0.1) is 0 Å². The highest BCUT2D eigenvalue weighted by molar-refractivity contribution is 6.76. The summed E-state index contributed by atoms with van der Waals surface area (Å²) in [6, 6.07) is 5.36. The van der Waals surface area contributed by atoms with Gasteiger partial charge in [-0.2, -0.15) is 5.10 Å². The van der Waals surface area contributed by atoms with Crippen molar-refractivity contribution in [1.29, 1.82) is 0 Å². The molecule has 10 nitrogen and oxygen atoms in total. The van der Waals surface area contributed by atoms with E-state index in [1.54, 1.807) is 27.9 Å². The maximum atomic E-state index is 14.2. The van der Waals surface area contributed by atoms with Crippen LogP contribution in [0.3, 0.4) is 0 Å². The van der Waals surface area contributed by atoms with Gasteiger partial charge in [0.15, 0.2) is 11.9 Å². The average Bonchev–Trinajstić information content (AvgIpc) is 3.43. The molecule has 0 N–H and O–H groups in total. The van der Waals surface area contributed by atoms with Gasteiger partial charge in [-0.05, 0) is 24.2 Å². The predicted octanol–water partition coefficient (Wildman–Crippen LogP) is 3.57. The zero-order chi connectivity index (χ0) is 26.9. The van der Waals surface area contributed by atoms with Crippen LogP contribution in [-0.4, -0.2) is 82.4 Å². The van der Waals surface area contributed by atoms with Crippen molar-refractivity contribution in [3.05, 3.63) is 42.0 Å². The summed E-state index contributed by atoms with van der Waals surface area (Å²) in [7, 11) is -1.22. The summed E-state index contributed by atoms with van der Waals surface area (Å²) in [5.74, 6) is -0.551. The SMILES string of the molecule is C[Si](C)(C)CCOCn1cc(C=O)c2nc(-c3nn(CC(=O)N4CCOCC4)c4cc(F)ccc34)cnc21. The van der Waals surface area contributed by atoms with E-state index in [0.717, 1.165) is 12.3 Å². The van der Waals surface area contributed by atoms with E-state index in [-0.39, 0.29) is 19.2 Å². The van der Waals surface area contributed by atoms with Crippen LogP contribution >= 0.6 is 0 Å². The minimum atomic E-state index is -1.22. The molecule has 1 aromatic carbocycles. The Morgan fingerprint density at radius 1 is 1.24 bits per heavy atom. The predicted molar refractivity (Wildman–Crippen MR) is 143 cm³/mol. The number of carbonyl (C=O) groups is 2. The summed E-state index contributed by atoms with van der Waals surface area (Å²) >= 11 is 0. The van der Waals surface area contributed by atoms with Crippen LogP contribution < -0.4 is 0 Å². The first-order chi connectivity index (χ1) is 18.2. The molecule has 1 fully saturated rings. The lowest BCUT2D eigenvalue weighted by Crippen LogP contribution is -2.42. The van der Waals surface area contributed by atoms with Crippen molar-refractivity contribution in [2.24, 2.45) is 0 Å². The van der Waals surface area contributed by atoms with Gasteiger partial charge >= 0.3 is 0 Å². The molecule has 4 heterocycles. The van der Waals surface area contributed by atoms with Crippen LogP contribution in [0.4, 0.5) is 4.39 Å². The van der Waals surface area contributed by atoms with Gasteiger partial charge in [-0.25, -0.2) is 14.4 Å². The number of carbonyl (C=O) groups excluding carboxylic acids is 2. The van der Waals surface area contributed by atoms with E-state index >= 15 is 0 Å². The Kier molecular flexibility index (Phi) is 7.37. The molecule has 1 saturated heterocycles. The van der Waals surface area contributed by atoms with Crippen LogP contribution in [0, 0.1) is 5.82 Å². The Morgan fingerprint density at radius 2 is 2.03 bits per heavy atom. The van der Waals surface area contributed by atoms with Gasteiger partial charge in [-0.3, -0.25) is 14.3 Å². The number of rotatable bonds is 9. The fraction of sp³-hybridized carbons (Fsp3) is 0.423. The molecule has 5 rings (SSSR count). The molecule has 1 aliphatic rings. The van der Waals surface area contributed by atoms with E-state index in [1.165, 1.54) is 16.8 Å². The van der Waals surface area contributed by atoms with Gasteiger partial charge in [0.25, 0.3) is 0 Å². The van der Waals surface area contributed by atoms with Crippen LogP contribution in [0.1, 0.15) is 10.4 Å². The van der Waals surface area contributed by atoms with Gasteiger partial charge in [0.05, 0.1) is 30.5 Å². The van der Waals surface area contributed by atoms with Crippen LogP contribution in [0.25, 0.3) is 33.5 Å². The number of fused-ring (bicyclic) bond motifs is 2. The van der Waals surface area contributed by atoms with E-state index < -0.39 is 13.9 Å². The van der Waals surface area contributed by atoms with E-state index in [4.69, 9.17) is 14.5 Å². The van der Waals surface area contributed by atoms with E-state index in [9.17, 15) is 14.0 Å². The molecule has 200 valence electrons. The lowest BCUT2D eigenvalue weighted by molar-refractivity contribution is -0.136. The lowest BCUT2D eigenvalue weighted by atomic mass is 10.1. The molecule has 3 aromatic heterocycles. The van der Waals surface area contributed by atoms with Crippen molar-refractivity contribution in [1.82, 2.24) is 29.2 Å². The number of hydrogen-bond donors (Lipinski definition) is 0. The van der Waals surface area contributed by atoms with Gasteiger partial charge in [0, 0.05) is 39.4 Å². The summed E-state index contributed by atoms with van der Waals surface area (Å²) in [5.41, 5.74) is 2.71. The molecule has 38 heavy (non-hydrogen) atoms. The number of ether oxygens (including phenoxy) is 2. The minimum Gasteiger partial charge on any atom is -0.378 e. The number of amides is 1. The molecule has 0 atom stereocenters. The molecule has 0 bridgehead atoms. The summed E-state index contributed by atoms with van der Waals surface area (Å²) in [4.78, 5) is 35.8. The van der Waals surface area contributed by atoms with Crippen molar-refractivity contribution in [2.45, 2.75) is 39.0 Å². The highest BCUT2D eigenvalue weighted by Gasteiger charge is 2.22. The summed E-state index contributed by atoms with van der Waals surface area (Å²) < 4.78 is 28.6. The molecular weight excluding hydrogens is 507 g/mol. The standard InChI is InChI=1S/C26H31FN6O4Si/c1-38(2,3)11-10-37-17-32-14-18(16-34)24-26(32)28-13-21(29-24)25-20-5-4-19(27)12-22(20)33(30-25)15-23(35)31-6-8-36-9-7-31/h4-5,12-14,16H,6-11,15,17H2,1-3H3. The Bertz CT molecular complexity index is 1490. The lowest BCUT2D eigenvalue weighted by Gasteiger charge is -2.26. The highest BCUT2D eigenvalue weighted by Crippen LogP contribution is 2.29. The quantitative estimate of drug-likeness (QED) is 0.182. The molecule has 1 amide bonds. The Hall–Kier alpha value is -3.48. The first-order valence-electron chi connectivity index (χ1n) is 12.6. The fourth-order valence-electron chi connectivity index (χ4n) is 4.41. The van der Waals surface area contributed by atoms with E-state index in [1.807, 2.05) is 0 Å². The number of halogens is 1. The van der Waals surface area contributed by atoms with E-state index in [0.29, 0.717) is 71.9 Å². The molecule has 1 aliphatic heterocycles. The van der Waals surface area contributed by atoms with Crippen molar-refractivity contribution >= 4 is 42.3 Å². The Balaban J connectivity index is 1.47. The molecule has 0 radical (unpaired) electrons. The Labute approximate surface area is 220 Å². The smallest absolute Gasteiger partial charge is 0.244 e. The normalized spacial score (nSPS) is 14.5. The third-order valence-corrected chi connectivity index (χ3v) is 8.26. The summed E-state index contributed by atoms with van der Waals surface area (Å²) in [6.07, 6.45) is 4.00. The van der Waals surface area contributed by atoms with Crippen LogP contribution in [0.2, 0.25) is 25.7 Å².